The van der Waals surface area contributed by atoms with Crippen molar-refractivity contribution in [1.82, 2.24) is 20.4 Å². The minimum Gasteiger partial charge on any atom is -0.316 e. The summed E-state index contributed by atoms with van der Waals surface area (Å²) in [6, 6.07) is 6.58. The molecule has 108 valence electrons. The molecule has 0 saturated carbocycles. The smallest absolute Gasteiger partial charge is 0.276 e. The molecule has 2 N–H and O–H groups in total. The molecule has 1 aromatic carbocycles. The maximum absolute atomic E-state index is 12.6. The Morgan fingerprint density at radius 1 is 1.38 bits per heavy atom. The van der Waals surface area contributed by atoms with Gasteiger partial charge in [0.05, 0.1) is 5.52 Å². The number of hydrogen-bond donors (Lipinski definition) is 2. The highest BCUT2D eigenvalue weighted by Gasteiger charge is 2.37. The van der Waals surface area contributed by atoms with Crippen LogP contribution in [-0.2, 0) is 9.59 Å². The Labute approximate surface area is 120 Å². The van der Waals surface area contributed by atoms with E-state index < -0.39 is 23.8 Å². The van der Waals surface area contributed by atoms with Crippen LogP contribution in [0.25, 0.3) is 10.9 Å². The molecular weight excluding hydrogens is 272 g/mol. The van der Waals surface area contributed by atoms with Crippen LogP contribution in [0.3, 0.4) is 0 Å². The number of amides is 3. The lowest BCUT2D eigenvalue weighted by Crippen LogP contribution is -2.59. The van der Waals surface area contributed by atoms with Gasteiger partial charge in [0.1, 0.15) is 12.6 Å². The van der Waals surface area contributed by atoms with E-state index >= 15 is 0 Å². The molecule has 7 heteroatoms. The van der Waals surface area contributed by atoms with Crippen LogP contribution in [-0.4, -0.2) is 45.4 Å². The second kappa shape index (κ2) is 5.01. The van der Waals surface area contributed by atoms with Crippen molar-refractivity contribution >= 4 is 28.6 Å². The van der Waals surface area contributed by atoms with E-state index in [1.165, 1.54) is 4.90 Å². The van der Waals surface area contributed by atoms with Gasteiger partial charge in [-0.15, -0.1) is 0 Å². The number of carbonyl (C=O) groups excluding carboxylic acids is 3. The van der Waals surface area contributed by atoms with Crippen molar-refractivity contribution in [3.8, 4) is 0 Å². The number of imide groups is 1. The summed E-state index contributed by atoms with van der Waals surface area (Å²) >= 11 is 0. The van der Waals surface area contributed by atoms with Crippen molar-refractivity contribution in [3.63, 3.8) is 0 Å². The minimum absolute atomic E-state index is 0.135. The van der Waals surface area contributed by atoms with Gasteiger partial charge in [-0.2, -0.15) is 5.10 Å². The second-order valence-corrected chi connectivity index (χ2v) is 4.89. The molecule has 3 amide bonds. The molecule has 0 radical (unpaired) electrons. The van der Waals surface area contributed by atoms with Crippen LogP contribution >= 0.6 is 0 Å². The summed E-state index contributed by atoms with van der Waals surface area (Å²) in [7, 11) is 0. The Hall–Kier alpha value is -2.70. The van der Waals surface area contributed by atoms with Crippen LogP contribution in [0.2, 0.25) is 0 Å². The van der Waals surface area contributed by atoms with E-state index in [4.69, 9.17) is 0 Å². The lowest BCUT2D eigenvalue weighted by Gasteiger charge is -2.32. The van der Waals surface area contributed by atoms with E-state index in [1.54, 1.807) is 19.1 Å². The summed E-state index contributed by atoms with van der Waals surface area (Å²) in [5, 5.41) is 9.73. The molecule has 2 aromatic rings. The molecule has 0 aliphatic carbocycles. The number of aromatic nitrogens is 2. The van der Waals surface area contributed by atoms with E-state index in [0.29, 0.717) is 11.8 Å². The molecule has 1 unspecified atom stereocenters. The third-order valence-electron chi connectivity index (χ3n) is 3.58. The molecule has 1 aliphatic rings. The highest BCUT2D eigenvalue weighted by atomic mass is 16.2. The largest absolute Gasteiger partial charge is 0.316 e. The Morgan fingerprint density at radius 3 is 2.90 bits per heavy atom. The number of nitrogens with zero attached hydrogens (tertiary/aromatic N) is 2. The van der Waals surface area contributed by atoms with Gasteiger partial charge in [-0.1, -0.05) is 25.1 Å². The molecule has 1 aromatic heterocycles. The Kier molecular flexibility index (Phi) is 3.17. The summed E-state index contributed by atoms with van der Waals surface area (Å²) < 4.78 is 0. The summed E-state index contributed by atoms with van der Waals surface area (Å²) in [5.74, 6) is -1.33. The van der Waals surface area contributed by atoms with Crippen molar-refractivity contribution in [2.45, 2.75) is 19.4 Å². The third-order valence-corrected chi connectivity index (χ3v) is 3.58. The van der Waals surface area contributed by atoms with Crippen molar-refractivity contribution in [1.29, 1.82) is 0 Å². The van der Waals surface area contributed by atoms with Crippen LogP contribution in [0.4, 0.5) is 0 Å². The zero-order valence-electron chi connectivity index (χ0n) is 11.4. The number of benzene rings is 1. The zero-order valence-corrected chi connectivity index (χ0v) is 11.4. The number of H-pyrrole nitrogens is 1. The standard InChI is InChI=1S/C14H14N4O3/c1-2-10-13(20)15-11(19)7-18(10)14(21)12-8-5-3-4-6-9(8)16-17-12/h3-6,10H,2,7H2,1H3,(H,16,17)(H,15,19,20). The van der Waals surface area contributed by atoms with Crippen LogP contribution in [0.15, 0.2) is 24.3 Å². The lowest BCUT2D eigenvalue weighted by atomic mass is 10.1. The molecule has 1 atom stereocenters. The summed E-state index contributed by atoms with van der Waals surface area (Å²) in [6.45, 7) is 1.66. The average Bonchev–Trinajstić information content (AvgIpc) is 2.89. The van der Waals surface area contributed by atoms with Crippen molar-refractivity contribution in [2.24, 2.45) is 0 Å². The zero-order chi connectivity index (χ0) is 15.0. The van der Waals surface area contributed by atoms with Gasteiger partial charge in [-0.3, -0.25) is 24.8 Å². The van der Waals surface area contributed by atoms with Gasteiger partial charge in [0.15, 0.2) is 5.69 Å². The predicted octanol–water partition coefficient (Wildman–Crippen LogP) is 0.440. The first-order valence-electron chi connectivity index (χ1n) is 6.69. The molecule has 21 heavy (non-hydrogen) atoms. The van der Waals surface area contributed by atoms with E-state index in [-0.39, 0.29) is 12.2 Å². The van der Waals surface area contributed by atoms with Gasteiger partial charge in [-0.05, 0) is 12.5 Å². The van der Waals surface area contributed by atoms with Crippen molar-refractivity contribution < 1.29 is 14.4 Å². The molecule has 3 rings (SSSR count). The first kappa shape index (κ1) is 13.3. The van der Waals surface area contributed by atoms with E-state index in [0.717, 1.165) is 5.52 Å². The number of aromatic amines is 1. The molecule has 0 bridgehead atoms. The second-order valence-electron chi connectivity index (χ2n) is 4.89. The Bertz CT molecular complexity index is 737. The SMILES string of the molecule is CCC1C(=O)NC(=O)CN1C(=O)c1n[nH]c2ccccc12. The van der Waals surface area contributed by atoms with Crippen molar-refractivity contribution in [2.75, 3.05) is 6.54 Å². The quantitative estimate of drug-likeness (QED) is 0.783. The average molecular weight is 286 g/mol. The molecule has 1 aliphatic heterocycles. The summed E-state index contributed by atoms with van der Waals surface area (Å²) in [5.41, 5.74) is 0.966. The van der Waals surface area contributed by atoms with Gasteiger partial charge < -0.3 is 4.90 Å². The van der Waals surface area contributed by atoms with Crippen LogP contribution < -0.4 is 5.32 Å². The molecule has 2 heterocycles. The Morgan fingerprint density at radius 2 is 2.14 bits per heavy atom. The number of para-hydroxylation sites is 1. The summed E-state index contributed by atoms with van der Waals surface area (Å²) in [6.07, 6.45) is 0.438. The monoisotopic (exact) mass is 286 g/mol. The van der Waals surface area contributed by atoms with Gasteiger partial charge in [-0.25, -0.2) is 0 Å². The number of fused-ring (bicyclic) bond motifs is 1. The number of hydrogen-bond acceptors (Lipinski definition) is 4. The fourth-order valence-electron chi connectivity index (χ4n) is 2.55. The normalized spacial score (nSPS) is 18.9. The Balaban J connectivity index is 2.00. The fourth-order valence-corrected chi connectivity index (χ4v) is 2.55. The first-order chi connectivity index (χ1) is 10.1. The van der Waals surface area contributed by atoms with E-state index in [2.05, 4.69) is 15.5 Å². The molecule has 1 fully saturated rings. The minimum atomic E-state index is -0.648. The van der Waals surface area contributed by atoms with Gasteiger partial charge in [0.25, 0.3) is 5.91 Å². The molecule has 7 nitrogen and oxygen atoms in total. The van der Waals surface area contributed by atoms with Gasteiger partial charge in [0, 0.05) is 5.39 Å². The topological polar surface area (TPSA) is 95.2 Å². The molecule has 0 spiro atoms. The maximum Gasteiger partial charge on any atom is 0.276 e. The summed E-state index contributed by atoms with van der Waals surface area (Å²) in [4.78, 5) is 37.3. The van der Waals surface area contributed by atoms with Crippen LogP contribution in [0.5, 0.6) is 0 Å². The number of carbonyl (C=O) groups is 3. The van der Waals surface area contributed by atoms with Crippen molar-refractivity contribution in [3.05, 3.63) is 30.0 Å². The van der Waals surface area contributed by atoms with Crippen LogP contribution in [0, 0.1) is 0 Å². The first-order valence-corrected chi connectivity index (χ1v) is 6.69. The van der Waals surface area contributed by atoms with Crippen LogP contribution in [0.1, 0.15) is 23.8 Å². The molecular formula is C14H14N4O3. The number of piperazine rings is 1. The highest BCUT2D eigenvalue weighted by molar-refractivity contribution is 6.10. The lowest BCUT2D eigenvalue weighted by molar-refractivity contribution is -0.138. The highest BCUT2D eigenvalue weighted by Crippen LogP contribution is 2.19. The van der Waals surface area contributed by atoms with Gasteiger partial charge >= 0.3 is 0 Å². The van der Waals surface area contributed by atoms with Gasteiger partial charge in [0.2, 0.25) is 11.8 Å². The molecule has 1 saturated heterocycles. The predicted molar refractivity (Wildman–Crippen MR) is 74.4 cm³/mol. The number of rotatable bonds is 2. The maximum atomic E-state index is 12.6. The third kappa shape index (κ3) is 2.16. The number of nitrogens with one attached hydrogen (secondary N) is 2. The van der Waals surface area contributed by atoms with E-state index in [1.807, 2.05) is 12.1 Å². The fraction of sp³-hybridized carbons (Fsp3) is 0.286. The van der Waals surface area contributed by atoms with E-state index in [9.17, 15) is 14.4 Å².